The Hall–Kier alpha value is -3.30. The lowest BCUT2D eigenvalue weighted by atomic mass is 9.97. The molecule has 0 amide bonds. The lowest BCUT2D eigenvalue weighted by molar-refractivity contribution is 1.31. The van der Waals surface area contributed by atoms with E-state index in [-0.39, 0.29) is 0 Å². The van der Waals surface area contributed by atoms with Crippen LogP contribution in [0.2, 0.25) is 0 Å². The van der Waals surface area contributed by atoms with E-state index in [0.717, 1.165) is 16.8 Å². The van der Waals surface area contributed by atoms with Crippen molar-refractivity contribution in [3.8, 4) is 11.3 Å². The van der Waals surface area contributed by atoms with Crippen molar-refractivity contribution in [1.29, 1.82) is 0 Å². The monoisotopic (exact) mass is 362 g/mol. The van der Waals surface area contributed by atoms with Crippen LogP contribution >= 0.6 is 11.3 Å². The topological polar surface area (TPSA) is 25.8 Å². The predicted octanol–water partition coefficient (Wildman–Crippen LogP) is 6.82. The van der Waals surface area contributed by atoms with E-state index in [0.29, 0.717) is 0 Å². The first-order valence-electron chi connectivity index (χ1n) is 8.93. The second kappa shape index (κ2) is 5.60. The van der Waals surface area contributed by atoms with E-state index in [1.54, 1.807) is 6.20 Å². The summed E-state index contributed by atoms with van der Waals surface area (Å²) in [6.45, 7) is 0. The molecule has 3 aromatic heterocycles. The minimum absolute atomic E-state index is 0.994. The number of hydrogen-bond donors (Lipinski definition) is 0. The zero-order valence-corrected chi connectivity index (χ0v) is 15.2. The number of fused-ring (bicyclic) bond motifs is 7. The number of benzene rings is 3. The fourth-order valence-corrected chi connectivity index (χ4v) is 5.09. The molecule has 0 aliphatic heterocycles. The van der Waals surface area contributed by atoms with Gasteiger partial charge in [0.1, 0.15) is 0 Å². The highest BCUT2D eigenvalue weighted by Gasteiger charge is 2.15. The van der Waals surface area contributed by atoms with Crippen molar-refractivity contribution >= 4 is 53.2 Å². The maximum Gasteiger partial charge on any atom is 0.0803 e. The van der Waals surface area contributed by atoms with Crippen LogP contribution < -0.4 is 0 Å². The normalized spacial score (nSPS) is 11.7. The molecule has 3 heteroatoms. The van der Waals surface area contributed by atoms with Crippen LogP contribution in [0.15, 0.2) is 85.2 Å². The van der Waals surface area contributed by atoms with Gasteiger partial charge < -0.3 is 0 Å². The number of pyridine rings is 2. The molecule has 0 aliphatic carbocycles. The Labute approximate surface area is 159 Å². The second-order valence-corrected chi connectivity index (χ2v) is 7.76. The van der Waals surface area contributed by atoms with Gasteiger partial charge in [0.2, 0.25) is 0 Å². The highest BCUT2D eigenvalue weighted by molar-refractivity contribution is 7.26. The molecule has 0 saturated carbocycles. The van der Waals surface area contributed by atoms with Crippen LogP contribution in [0.25, 0.3) is 53.1 Å². The average molecular weight is 362 g/mol. The third-order valence-corrected chi connectivity index (χ3v) is 6.28. The number of thiophene rings is 1. The molecule has 126 valence electrons. The van der Waals surface area contributed by atoms with Gasteiger partial charge in [-0.3, -0.25) is 4.98 Å². The molecule has 0 bridgehead atoms. The van der Waals surface area contributed by atoms with Crippen molar-refractivity contribution in [2.75, 3.05) is 0 Å². The Morgan fingerprint density at radius 3 is 2.37 bits per heavy atom. The summed E-state index contributed by atoms with van der Waals surface area (Å²) in [6, 6.07) is 25.6. The van der Waals surface area contributed by atoms with Crippen molar-refractivity contribution in [1.82, 2.24) is 9.97 Å². The Bertz CT molecular complexity index is 1470. The maximum absolute atomic E-state index is 5.01. The van der Waals surface area contributed by atoms with Gasteiger partial charge in [-0.25, -0.2) is 4.98 Å². The smallest absolute Gasteiger partial charge is 0.0803 e. The second-order valence-electron chi connectivity index (χ2n) is 6.68. The van der Waals surface area contributed by atoms with Crippen LogP contribution in [-0.4, -0.2) is 9.97 Å². The maximum atomic E-state index is 5.01. The first-order chi connectivity index (χ1) is 13.4. The van der Waals surface area contributed by atoms with E-state index >= 15 is 0 Å². The quantitative estimate of drug-likeness (QED) is 0.300. The number of hydrogen-bond acceptors (Lipinski definition) is 3. The van der Waals surface area contributed by atoms with Gasteiger partial charge in [-0.15, -0.1) is 11.3 Å². The third kappa shape index (κ3) is 2.12. The number of para-hydroxylation sites is 1. The van der Waals surface area contributed by atoms with E-state index in [2.05, 4.69) is 71.7 Å². The summed E-state index contributed by atoms with van der Waals surface area (Å²) < 4.78 is 2.64. The fraction of sp³-hybridized carbons (Fsp3) is 0. The van der Waals surface area contributed by atoms with Crippen LogP contribution in [0.1, 0.15) is 0 Å². The third-order valence-electron chi connectivity index (χ3n) is 5.14. The Balaban J connectivity index is 1.92. The minimum atomic E-state index is 0.994. The first kappa shape index (κ1) is 14.8. The molecule has 0 saturated heterocycles. The van der Waals surface area contributed by atoms with Crippen LogP contribution in [-0.2, 0) is 0 Å². The van der Waals surface area contributed by atoms with Gasteiger partial charge in [-0.1, -0.05) is 42.5 Å². The standard InChI is InChI=1S/C24H14N2S/c1-3-9-19-16(7-1)22-18(24(26-19)15-6-5-13-25-14-15)11-12-21-23(22)17-8-2-4-10-20(17)27-21/h1-14H. The molecule has 0 spiro atoms. The zero-order valence-electron chi connectivity index (χ0n) is 14.4. The predicted molar refractivity (Wildman–Crippen MR) is 115 cm³/mol. The van der Waals surface area contributed by atoms with Crippen molar-refractivity contribution in [2.45, 2.75) is 0 Å². The van der Waals surface area contributed by atoms with Gasteiger partial charge in [-0.05, 0) is 30.3 Å². The SMILES string of the molecule is c1cncc(-c2nc3ccccc3c3c2ccc2sc4ccccc4c23)c1. The molecule has 0 aliphatic rings. The minimum Gasteiger partial charge on any atom is -0.264 e. The summed E-state index contributed by atoms with van der Waals surface area (Å²) >= 11 is 1.85. The molecule has 0 atom stereocenters. The summed E-state index contributed by atoms with van der Waals surface area (Å²) in [7, 11) is 0. The van der Waals surface area contributed by atoms with Crippen LogP contribution in [0.3, 0.4) is 0 Å². The summed E-state index contributed by atoms with van der Waals surface area (Å²) in [5, 5.41) is 6.31. The van der Waals surface area contributed by atoms with Gasteiger partial charge in [0, 0.05) is 54.3 Å². The molecule has 3 aromatic carbocycles. The molecule has 0 radical (unpaired) electrons. The van der Waals surface area contributed by atoms with Crippen LogP contribution in [0.5, 0.6) is 0 Å². The van der Waals surface area contributed by atoms with Gasteiger partial charge in [0.25, 0.3) is 0 Å². The van der Waals surface area contributed by atoms with Crippen LogP contribution in [0.4, 0.5) is 0 Å². The van der Waals surface area contributed by atoms with Crippen molar-refractivity contribution in [2.24, 2.45) is 0 Å². The van der Waals surface area contributed by atoms with Crippen LogP contribution in [0, 0.1) is 0 Å². The van der Waals surface area contributed by atoms with E-state index in [4.69, 9.17) is 4.98 Å². The highest BCUT2D eigenvalue weighted by Crippen LogP contribution is 2.42. The lowest BCUT2D eigenvalue weighted by Crippen LogP contribution is -1.90. The summed E-state index contributed by atoms with van der Waals surface area (Å²) in [6.07, 6.45) is 3.70. The van der Waals surface area contributed by atoms with E-state index in [1.807, 2.05) is 23.6 Å². The van der Waals surface area contributed by atoms with E-state index in [1.165, 1.54) is 36.3 Å². The summed E-state index contributed by atoms with van der Waals surface area (Å²) in [4.78, 5) is 9.32. The van der Waals surface area contributed by atoms with Gasteiger partial charge >= 0.3 is 0 Å². The van der Waals surface area contributed by atoms with Gasteiger partial charge in [0.05, 0.1) is 11.2 Å². The number of aromatic nitrogens is 2. The molecule has 6 rings (SSSR count). The fourth-order valence-electron chi connectivity index (χ4n) is 3.98. The van der Waals surface area contributed by atoms with Gasteiger partial charge in [-0.2, -0.15) is 0 Å². The highest BCUT2D eigenvalue weighted by atomic mass is 32.1. The summed E-state index contributed by atoms with van der Waals surface area (Å²) in [5.41, 5.74) is 3.06. The molecule has 3 heterocycles. The molecule has 0 N–H and O–H groups in total. The Kier molecular flexibility index (Phi) is 3.07. The molecule has 6 aromatic rings. The molecule has 27 heavy (non-hydrogen) atoms. The number of rotatable bonds is 1. The first-order valence-corrected chi connectivity index (χ1v) is 9.75. The largest absolute Gasteiger partial charge is 0.264 e. The Morgan fingerprint density at radius 1 is 0.630 bits per heavy atom. The van der Waals surface area contributed by atoms with Crippen molar-refractivity contribution < 1.29 is 0 Å². The average Bonchev–Trinajstić information content (AvgIpc) is 3.12. The zero-order chi connectivity index (χ0) is 17.8. The molecular formula is C24H14N2S. The molecule has 0 fully saturated rings. The molecule has 2 nitrogen and oxygen atoms in total. The Morgan fingerprint density at radius 2 is 1.48 bits per heavy atom. The summed E-state index contributed by atoms with van der Waals surface area (Å²) in [5.74, 6) is 0. The lowest BCUT2D eigenvalue weighted by Gasteiger charge is -2.11. The van der Waals surface area contributed by atoms with Gasteiger partial charge in [0.15, 0.2) is 0 Å². The number of nitrogens with zero attached hydrogens (tertiary/aromatic N) is 2. The van der Waals surface area contributed by atoms with E-state index in [9.17, 15) is 0 Å². The van der Waals surface area contributed by atoms with E-state index < -0.39 is 0 Å². The van der Waals surface area contributed by atoms with Crippen molar-refractivity contribution in [3.63, 3.8) is 0 Å². The van der Waals surface area contributed by atoms with Crippen molar-refractivity contribution in [3.05, 3.63) is 85.2 Å². The molecule has 0 unspecified atom stereocenters. The molecular weight excluding hydrogens is 348 g/mol.